The van der Waals surface area contributed by atoms with Gasteiger partial charge in [-0.3, -0.25) is 4.79 Å². The van der Waals surface area contributed by atoms with E-state index in [1.807, 2.05) is 0 Å². The minimum absolute atomic E-state index is 0.202. The van der Waals surface area contributed by atoms with Crippen molar-refractivity contribution in [3.8, 4) is 35.0 Å². The molecule has 0 saturated heterocycles. The number of carbonyl (C=O) groups is 1. The van der Waals surface area contributed by atoms with Crippen LogP contribution < -0.4 is 15.0 Å². The van der Waals surface area contributed by atoms with Gasteiger partial charge in [-0.25, -0.2) is 10.3 Å². The maximum Gasteiger partial charge on any atom is 0.241 e. The molecular formula is C22H19ClN2O5. The van der Waals surface area contributed by atoms with Crippen LogP contribution >= 0.6 is 11.6 Å². The van der Waals surface area contributed by atoms with Crippen LogP contribution in [0.5, 0.6) is 11.5 Å². The van der Waals surface area contributed by atoms with Gasteiger partial charge in [0.1, 0.15) is 0 Å². The molecule has 1 unspecified atom stereocenters. The number of hydrogen-bond donors (Lipinski definition) is 1. The smallest absolute Gasteiger partial charge is 0.241 e. The number of carbonyl (C=O) groups excluding carboxylic acids is 1. The molecule has 1 amide bonds. The summed E-state index contributed by atoms with van der Waals surface area (Å²) in [6.45, 7) is 1.30. The number of halogens is 1. The molecule has 3 rings (SSSR count). The summed E-state index contributed by atoms with van der Waals surface area (Å²) in [4.78, 5) is 17.3. The molecule has 2 aromatic carbocycles. The molecule has 1 N–H and O–H groups in total. The highest BCUT2D eigenvalue weighted by molar-refractivity contribution is 6.30. The van der Waals surface area contributed by atoms with E-state index in [0.717, 1.165) is 0 Å². The first kappa shape index (κ1) is 21.2. The van der Waals surface area contributed by atoms with Gasteiger partial charge in [0.05, 0.1) is 20.4 Å². The summed E-state index contributed by atoms with van der Waals surface area (Å²) >= 11 is 6.02. The Morgan fingerprint density at radius 1 is 1.17 bits per heavy atom. The van der Waals surface area contributed by atoms with Gasteiger partial charge in [-0.15, -0.1) is 6.42 Å². The predicted octanol–water partition coefficient (Wildman–Crippen LogP) is 3.96. The van der Waals surface area contributed by atoms with Crippen LogP contribution in [-0.4, -0.2) is 25.3 Å². The van der Waals surface area contributed by atoms with Crippen molar-refractivity contribution in [2.75, 3.05) is 14.2 Å². The van der Waals surface area contributed by atoms with Gasteiger partial charge >= 0.3 is 0 Å². The van der Waals surface area contributed by atoms with Crippen LogP contribution in [0.2, 0.25) is 5.02 Å². The number of hydroxylamine groups is 1. The fourth-order valence-corrected chi connectivity index (χ4v) is 3.08. The lowest BCUT2D eigenvalue weighted by molar-refractivity contribution is -0.141. The molecular weight excluding hydrogens is 408 g/mol. The molecule has 1 atom stereocenters. The third-order valence-corrected chi connectivity index (χ3v) is 4.64. The summed E-state index contributed by atoms with van der Waals surface area (Å²) in [6.07, 6.45) is 7.42. The van der Waals surface area contributed by atoms with Crippen LogP contribution in [0, 0.1) is 12.3 Å². The number of amides is 1. The van der Waals surface area contributed by atoms with Gasteiger partial charge in [0.15, 0.2) is 17.3 Å². The summed E-state index contributed by atoms with van der Waals surface area (Å²) < 4.78 is 16.2. The van der Waals surface area contributed by atoms with Crippen molar-refractivity contribution in [2.24, 2.45) is 0 Å². The number of ether oxygens (including phenoxy) is 2. The minimum Gasteiger partial charge on any atom is -0.493 e. The summed E-state index contributed by atoms with van der Waals surface area (Å²) in [6, 6.07) is 12.0. The molecule has 0 spiro atoms. The van der Waals surface area contributed by atoms with E-state index in [-0.39, 0.29) is 5.76 Å². The first-order chi connectivity index (χ1) is 14.4. The number of rotatable bonds is 7. The van der Waals surface area contributed by atoms with Crippen molar-refractivity contribution in [3.05, 3.63) is 65.0 Å². The van der Waals surface area contributed by atoms with E-state index in [2.05, 4.69) is 16.6 Å². The van der Waals surface area contributed by atoms with Crippen molar-refractivity contribution in [3.63, 3.8) is 0 Å². The predicted molar refractivity (Wildman–Crippen MR) is 111 cm³/mol. The van der Waals surface area contributed by atoms with Crippen molar-refractivity contribution in [1.29, 1.82) is 0 Å². The number of hydrogen-bond acceptors (Lipinski definition) is 6. The van der Waals surface area contributed by atoms with Crippen LogP contribution in [0.4, 0.5) is 0 Å². The lowest BCUT2D eigenvalue weighted by atomic mass is 9.88. The molecule has 154 valence electrons. The molecule has 0 fully saturated rings. The van der Waals surface area contributed by atoms with Crippen molar-refractivity contribution in [2.45, 2.75) is 12.5 Å². The zero-order valence-corrected chi connectivity index (χ0v) is 17.3. The number of benzene rings is 2. The fourth-order valence-electron chi connectivity index (χ4n) is 2.95. The standard InChI is InChI=1S/C22H19ClN2O5/c1-5-22(30-25-14(2)26,16-7-9-17(23)10-8-16)21-18(13-24-29-21)15-6-11-19(27-3)20(12-15)28-4/h1,6-13H,2-4H3,(H,25,26). The molecule has 0 aliphatic rings. The van der Waals surface area contributed by atoms with E-state index in [0.29, 0.717) is 33.2 Å². The van der Waals surface area contributed by atoms with Gasteiger partial charge in [0, 0.05) is 23.1 Å². The third kappa shape index (κ3) is 3.96. The maximum absolute atomic E-state index is 11.6. The second-order valence-corrected chi connectivity index (χ2v) is 6.67. The molecule has 0 saturated carbocycles. The Morgan fingerprint density at radius 2 is 1.87 bits per heavy atom. The van der Waals surface area contributed by atoms with E-state index < -0.39 is 11.5 Å². The maximum atomic E-state index is 11.6. The molecule has 0 aliphatic carbocycles. The van der Waals surface area contributed by atoms with Gasteiger partial charge in [-0.2, -0.15) is 0 Å². The summed E-state index contributed by atoms with van der Waals surface area (Å²) in [5.74, 6) is 3.45. The van der Waals surface area contributed by atoms with Crippen LogP contribution in [0.25, 0.3) is 11.1 Å². The average molecular weight is 427 g/mol. The molecule has 0 radical (unpaired) electrons. The number of aromatic nitrogens is 1. The monoisotopic (exact) mass is 426 g/mol. The topological polar surface area (TPSA) is 82.8 Å². The van der Waals surface area contributed by atoms with E-state index >= 15 is 0 Å². The lowest BCUT2D eigenvalue weighted by Crippen LogP contribution is -2.37. The summed E-state index contributed by atoms with van der Waals surface area (Å²) in [5.41, 5.74) is 2.47. The van der Waals surface area contributed by atoms with Gasteiger partial charge in [0.2, 0.25) is 11.5 Å². The van der Waals surface area contributed by atoms with Crippen molar-refractivity contribution in [1.82, 2.24) is 10.6 Å². The number of methoxy groups -OCH3 is 2. The number of nitrogens with zero attached hydrogens (tertiary/aromatic N) is 1. The molecule has 0 bridgehead atoms. The van der Waals surface area contributed by atoms with E-state index in [4.69, 9.17) is 36.9 Å². The van der Waals surface area contributed by atoms with Gasteiger partial charge in [-0.1, -0.05) is 40.9 Å². The van der Waals surface area contributed by atoms with Crippen LogP contribution in [0.1, 0.15) is 18.2 Å². The van der Waals surface area contributed by atoms with Gasteiger partial charge < -0.3 is 14.0 Å². The lowest BCUT2D eigenvalue weighted by Gasteiger charge is -2.27. The first-order valence-electron chi connectivity index (χ1n) is 8.81. The highest BCUT2D eigenvalue weighted by Crippen LogP contribution is 2.41. The van der Waals surface area contributed by atoms with Gasteiger partial charge in [0.25, 0.3) is 0 Å². The van der Waals surface area contributed by atoms with Crippen molar-refractivity contribution >= 4 is 17.5 Å². The second kappa shape index (κ2) is 8.91. The SMILES string of the molecule is C#CC(ONC(C)=O)(c1ccc(Cl)cc1)c1oncc1-c1ccc(OC)c(OC)c1. The summed E-state index contributed by atoms with van der Waals surface area (Å²) in [7, 11) is 3.09. The Kier molecular flexibility index (Phi) is 6.31. The van der Waals surface area contributed by atoms with E-state index in [9.17, 15) is 4.79 Å². The Labute approximate surface area is 178 Å². The molecule has 7 nitrogen and oxygen atoms in total. The molecule has 8 heteroatoms. The molecule has 0 aliphatic heterocycles. The van der Waals surface area contributed by atoms with E-state index in [1.165, 1.54) is 20.2 Å². The first-order valence-corrected chi connectivity index (χ1v) is 9.19. The van der Waals surface area contributed by atoms with E-state index in [1.54, 1.807) is 49.6 Å². The highest BCUT2D eigenvalue weighted by atomic mass is 35.5. The average Bonchev–Trinajstić information content (AvgIpc) is 3.25. The minimum atomic E-state index is -1.60. The largest absolute Gasteiger partial charge is 0.493 e. The number of terminal acetylenes is 1. The summed E-state index contributed by atoms with van der Waals surface area (Å²) in [5, 5.41) is 4.43. The third-order valence-electron chi connectivity index (χ3n) is 4.39. The Morgan fingerprint density at radius 3 is 2.47 bits per heavy atom. The normalized spacial score (nSPS) is 12.5. The Bertz CT molecular complexity index is 1090. The quantitative estimate of drug-likeness (QED) is 0.455. The van der Waals surface area contributed by atoms with Crippen LogP contribution in [0.15, 0.2) is 53.2 Å². The number of nitrogens with one attached hydrogen (secondary N) is 1. The highest BCUT2D eigenvalue weighted by Gasteiger charge is 2.41. The zero-order chi connectivity index (χ0) is 21.7. The molecule has 30 heavy (non-hydrogen) atoms. The van der Waals surface area contributed by atoms with Crippen molar-refractivity contribution < 1.29 is 23.6 Å². The zero-order valence-electron chi connectivity index (χ0n) is 16.6. The Hall–Kier alpha value is -3.47. The molecule has 1 aromatic heterocycles. The van der Waals surface area contributed by atoms with Crippen LogP contribution in [-0.2, 0) is 15.2 Å². The van der Waals surface area contributed by atoms with Crippen LogP contribution in [0.3, 0.4) is 0 Å². The Balaban J connectivity index is 2.19. The second-order valence-electron chi connectivity index (χ2n) is 6.23. The van der Waals surface area contributed by atoms with Gasteiger partial charge in [-0.05, 0) is 29.8 Å². The molecule has 3 aromatic rings. The molecule has 1 heterocycles. The fraction of sp³-hybridized carbons (Fsp3) is 0.182.